The third kappa shape index (κ3) is 5.53. The molecule has 0 aromatic heterocycles. The Balaban J connectivity index is 1.12. The van der Waals surface area contributed by atoms with E-state index in [1.807, 2.05) is 36.4 Å². The number of para-hydroxylation sites is 2. The van der Waals surface area contributed by atoms with Crippen LogP contribution in [0.4, 0.5) is 11.4 Å². The topological polar surface area (TPSA) is 99.7 Å². The molecule has 0 atom stereocenters. The van der Waals surface area contributed by atoms with Gasteiger partial charge in [0, 0.05) is 11.4 Å². The second-order valence-electron chi connectivity index (χ2n) is 8.70. The van der Waals surface area contributed by atoms with E-state index >= 15 is 0 Å². The molecule has 40 heavy (non-hydrogen) atoms. The molecule has 202 valence electrons. The van der Waals surface area contributed by atoms with E-state index in [0.29, 0.717) is 11.5 Å². The third-order valence-electron chi connectivity index (χ3n) is 6.11. The molecule has 0 unspecified atom stereocenters. The van der Waals surface area contributed by atoms with Gasteiger partial charge in [-0.1, -0.05) is 36.4 Å². The minimum Gasteiger partial charge on any atom is -0.484 e. The predicted octanol–water partition coefficient (Wildman–Crippen LogP) is 2.76. The molecule has 0 radical (unpaired) electrons. The monoisotopic (exact) mass is 574 g/mol. The molecule has 0 aliphatic carbocycles. The van der Waals surface area contributed by atoms with Crippen molar-refractivity contribution in [3.8, 4) is 11.5 Å². The van der Waals surface area contributed by atoms with Gasteiger partial charge in [-0.05, 0) is 73.0 Å². The third-order valence-corrected chi connectivity index (χ3v) is 6.92. The molecule has 3 aromatic carbocycles. The van der Waals surface area contributed by atoms with E-state index in [1.54, 1.807) is 58.3 Å². The maximum absolute atomic E-state index is 12.7. The molecule has 12 heteroatoms. The summed E-state index contributed by atoms with van der Waals surface area (Å²) in [7, 11) is 0. The molecule has 3 aromatic rings. The van der Waals surface area contributed by atoms with Gasteiger partial charge in [-0.2, -0.15) is 0 Å². The molecule has 2 aliphatic rings. The van der Waals surface area contributed by atoms with E-state index in [-0.39, 0.29) is 23.3 Å². The van der Waals surface area contributed by atoms with Crippen molar-refractivity contribution in [3.05, 3.63) is 84.9 Å². The average Bonchev–Trinajstić information content (AvgIpc) is 3.45. The molecule has 2 fully saturated rings. The first kappa shape index (κ1) is 26.9. The van der Waals surface area contributed by atoms with Crippen LogP contribution >= 0.6 is 24.4 Å². The standard InChI is InChI=1S/C28H22N4O6S2/c33-23-15-29(19-7-3-1-4-8-19)27(39)31(23)25(35)17-37-21-11-13-22(14-12-21)38-18-26(36)32-24(34)16-30(28(32)40)20-9-5-2-6-10-20/h1-14H,15-18H2. The van der Waals surface area contributed by atoms with E-state index < -0.39 is 36.8 Å². The van der Waals surface area contributed by atoms with E-state index in [4.69, 9.17) is 33.9 Å². The maximum Gasteiger partial charge on any atom is 0.273 e. The van der Waals surface area contributed by atoms with Crippen LogP contribution in [0.2, 0.25) is 0 Å². The summed E-state index contributed by atoms with van der Waals surface area (Å²) in [6, 6.07) is 24.4. The number of carbonyl (C=O) groups excluding carboxylic acids is 4. The Morgan fingerprint density at radius 1 is 0.600 bits per heavy atom. The van der Waals surface area contributed by atoms with E-state index in [1.165, 1.54) is 0 Å². The number of benzene rings is 3. The van der Waals surface area contributed by atoms with Crippen LogP contribution < -0.4 is 19.3 Å². The number of imide groups is 2. The zero-order valence-corrected chi connectivity index (χ0v) is 22.6. The fourth-order valence-electron chi connectivity index (χ4n) is 4.16. The summed E-state index contributed by atoms with van der Waals surface area (Å²) >= 11 is 10.7. The lowest BCUT2D eigenvalue weighted by Crippen LogP contribution is -2.40. The summed E-state index contributed by atoms with van der Waals surface area (Å²) in [5.74, 6) is -1.35. The normalized spacial score (nSPS) is 15.2. The van der Waals surface area contributed by atoms with Gasteiger partial charge >= 0.3 is 0 Å². The molecule has 0 spiro atoms. The first-order valence-electron chi connectivity index (χ1n) is 12.1. The lowest BCUT2D eigenvalue weighted by atomic mass is 10.3. The molecule has 10 nitrogen and oxygen atoms in total. The molecule has 0 saturated carbocycles. The summed E-state index contributed by atoms with van der Waals surface area (Å²) in [6.07, 6.45) is 0. The average molecular weight is 575 g/mol. The number of rotatable bonds is 8. The van der Waals surface area contributed by atoms with Gasteiger partial charge in [0.1, 0.15) is 24.6 Å². The highest BCUT2D eigenvalue weighted by Crippen LogP contribution is 2.23. The maximum atomic E-state index is 12.7. The fraction of sp³-hybridized carbons (Fsp3) is 0.143. The van der Waals surface area contributed by atoms with Crippen molar-refractivity contribution >= 4 is 69.7 Å². The van der Waals surface area contributed by atoms with Gasteiger partial charge in [0.25, 0.3) is 23.6 Å². The van der Waals surface area contributed by atoms with Gasteiger partial charge < -0.3 is 19.3 Å². The molecule has 0 bridgehead atoms. The van der Waals surface area contributed by atoms with Crippen LogP contribution in [-0.2, 0) is 19.2 Å². The quantitative estimate of drug-likeness (QED) is 0.374. The Labute approximate surface area is 240 Å². The fourth-order valence-corrected chi connectivity index (χ4v) is 4.91. The van der Waals surface area contributed by atoms with Crippen LogP contribution in [0.3, 0.4) is 0 Å². The summed E-state index contributed by atoms with van der Waals surface area (Å²) in [5.41, 5.74) is 1.44. The van der Waals surface area contributed by atoms with Gasteiger partial charge in [-0.25, -0.2) is 9.80 Å². The van der Waals surface area contributed by atoms with Crippen LogP contribution in [0.15, 0.2) is 84.9 Å². The van der Waals surface area contributed by atoms with Crippen molar-refractivity contribution < 1.29 is 28.7 Å². The lowest BCUT2D eigenvalue weighted by Gasteiger charge is -2.19. The Morgan fingerprint density at radius 2 is 0.950 bits per heavy atom. The lowest BCUT2D eigenvalue weighted by molar-refractivity contribution is -0.140. The highest BCUT2D eigenvalue weighted by Gasteiger charge is 2.39. The number of carbonyl (C=O) groups is 4. The van der Waals surface area contributed by atoms with Crippen LogP contribution in [0.25, 0.3) is 0 Å². The largest absolute Gasteiger partial charge is 0.484 e. The predicted molar refractivity (Wildman–Crippen MR) is 154 cm³/mol. The first-order valence-corrected chi connectivity index (χ1v) is 13.0. The van der Waals surface area contributed by atoms with Crippen LogP contribution in [-0.4, -0.2) is 70.0 Å². The Morgan fingerprint density at radius 3 is 1.30 bits per heavy atom. The minimum atomic E-state index is -0.588. The smallest absolute Gasteiger partial charge is 0.273 e. The Hall–Kier alpha value is -4.68. The summed E-state index contributed by atoms with van der Waals surface area (Å²) in [4.78, 5) is 55.4. The molecule has 2 saturated heterocycles. The summed E-state index contributed by atoms with van der Waals surface area (Å²) < 4.78 is 11.1. The van der Waals surface area contributed by atoms with Crippen molar-refractivity contribution in [1.29, 1.82) is 0 Å². The minimum absolute atomic E-state index is 0.0304. The van der Waals surface area contributed by atoms with Gasteiger partial charge in [-0.3, -0.25) is 19.2 Å². The van der Waals surface area contributed by atoms with E-state index in [9.17, 15) is 19.2 Å². The van der Waals surface area contributed by atoms with Crippen molar-refractivity contribution in [3.63, 3.8) is 0 Å². The molecule has 4 amide bonds. The van der Waals surface area contributed by atoms with Gasteiger partial charge in [0.05, 0.1) is 0 Å². The number of anilines is 2. The molecule has 0 N–H and O–H groups in total. The Kier molecular flexibility index (Phi) is 7.80. The number of hydrogen-bond acceptors (Lipinski definition) is 8. The van der Waals surface area contributed by atoms with Gasteiger partial charge in [-0.15, -0.1) is 0 Å². The summed E-state index contributed by atoms with van der Waals surface area (Å²) in [6.45, 7) is -0.867. The van der Waals surface area contributed by atoms with Crippen molar-refractivity contribution in [2.75, 3.05) is 36.1 Å². The van der Waals surface area contributed by atoms with Crippen LogP contribution in [0, 0.1) is 0 Å². The van der Waals surface area contributed by atoms with E-state index in [0.717, 1.165) is 21.2 Å². The highest BCUT2D eigenvalue weighted by molar-refractivity contribution is 7.80. The Bertz CT molecular complexity index is 1370. The molecular formula is C28H22N4O6S2. The zero-order valence-electron chi connectivity index (χ0n) is 21.0. The molecule has 2 aliphatic heterocycles. The number of thiocarbonyl (C=S) groups is 2. The van der Waals surface area contributed by atoms with Gasteiger partial charge in [0.15, 0.2) is 23.4 Å². The van der Waals surface area contributed by atoms with Crippen molar-refractivity contribution in [2.45, 2.75) is 0 Å². The van der Waals surface area contributed by atoms with Crippen LogP contribution in [0.1, 0.15) is 0 Å². The number of nitrogens with zero attached hydrogens (tertiary/aromatic N) is 4. The SMILES string of the molecule is O=C(COc1ccc(OCC(=O)N2C(=O)CN(c3ccccc3)C2=S)cc1)N1C(=O)CN(c2ccccc2)C1=S. The zero-order chi connectivity index (χ0) is 28.2. The highest BCUT2D eigenvalue weighted by atomic mass is 32.1. The van der Waals surface area contributed by atoms with Gasteiger partial charge in [0.2, 0.25) is 0 Å². The second-order valence-corrected chi connectivity index (χ2v) is 9.43. The first-order chi connectivity index (χ1) is 19.3. The molecule has 5 rings (SSSR count). The molecular weight excluding hydrogens is 552 g/mol. The number of ether oxygens (including phenoxy) is 2. The van der Waals surface area contributed by atoms with E-state index in [2.05, 4.69) is 0 Å². The van der Waals surface area contributed by atoms with Crippen molar-refractivity contribution in [1.82, 2.24) is 9.80 Å². The molecule has 2 heterocycles. The van der Waals surface area contributed by atoms with Crippen LogP contribution in [0.5, 0.6) is 11.5 Å². The second kappa shape index (κ2) is 11.6. The summed E-state index contributed by atoms with van der Waals surface area (Å²) in [5, 5.41) is 0.196. The van der Waals surface area contributed by atoms with Crippen molar-refractivity contribution in [2.24, 2.45) is 0 Å². The number of amides is 4. The number of hydrogen-bond donors (Lipinski definition) is 0.